The summed E-state index contributed by atoms with van der Waals surface area (Å²) in [7, 11) is 1.85. The molecule has 0 aliphatic carbocycles. The van der Waals surface area contributed by atoms with E-state index in [0.29, 0.717) is 21.7 Å². The third kappa shape index (κ3) is 2.76. The van der Waals surface area contributed by atoms with Crippen molar-refractivity contribution in [2.75, 3.05) is 7.05 Å². The summed E-state index contributed by atoms with van der Waals surface area (Å²) >= 11 is 6.05. The Bertz CT molecular complexity index is 933. The minimum atomic E-state index is -0.0712. The van der Waals surface area contributed by atoms with E-state index in [9.17, 15) is 4.79 Å². The van der Waals surface area contributed by atoms with Crippen molar-refractivity contribution in [2.24, 2.45) is 0 Å². The number of rotatable bonds is 3. The average Bonchev–Trinajstić information content (AvgIpc) is 2.55. The number of nitrogens with one attached hydrogen (secondary N) is 1. The van der Waals surface area contributed by atoms with E-state index in [-0.39, 0.29) is 11.6 Å². The molecule has 0 fully saturated rings. The van der Waals surface area contributed by atoms with Gasteiger partial charge in [0.1, 0.15) is 5.82 Å². The first-order chi connectivity index (χ1) is 11.0. The highest BCUT2D eigenvalue weighted by atomic mass is 35.5. The maximum Gasteiger partial charge on any atom is 0.266 e. The van der Waals surface area contributed by atoms with Crippen LogP contribution in [0.5, 0.6) is 0 Å². The summed E-state index contributed by atoms with van der Waals surface area (Å²) in [4.78, 5) is 17.8. The van der Waals surface area contributed by atoms with Crippen LogP contribution < -0.4 is 10.9 Å². The fourth-order valence-corrected chi connectivity index (χ4v) is 2.90. The largest absolute Gasteiger partial charge is 0.311 e. The van der Waals surface area contributed by atoms with Crippen LogP contribution in [0, 0.1) is 6.92 Å². The first-order valence-corrected chi connectivity index (χ1v) is 7.86. The zero-order valence-electron chi connectivity index (χ0n) is 13.3. The van der Waals surface area contributed by atoms with Crippen LogP contribution in [-0.4, -0.2) is 16.6 Å². The van der Waals surface area contributed by atoms with Gasteiger partial charge in [0.05, 0.1) is 22.6 Å². The molecule has 0 aliphatic rings. The minimum Gasteiger partial charge on any atom is -0.311 e. The molecule has 1 N–H and O–H groups in total. The Kier molecular flexibility index (Phi) is 4.20. The minimum absolute atomic E-state index is 0.0672. The maximum atomic E-state index is 13.1. The number of halogens is 1. The number of nitrogens with zero attached hydrogens (tertiary/aromatic N) is 2. The average molecular weight is 328 g/mol. The van der Waals surface area contributed by atoms with Gasteiger partial charge in [-0.05, 0) is 56.8 Å². The molecule has 0 amide bonds. The van der Waals surface area contributed by atoms with Gasteiger partial charge in [-0.2, -0.15) is 0 Å². The van der Waals surface area contributed by atoms with Crippen molar-refractivity contribution in [3.8, 4) is 5.69 Å². The molecule has 118 valence electrons. The molecule has 0 radical (unpaired) electrons. The summed E-state index contributed by atoms with van der Waals surface area (Å²) in [6, 6.07) is 12.9. The van der Waals surface area contributed by atoms with E-state index in [1.807, 2.05) is 51.2 Å². The van der Waals surface area contributed by atoms with E-state index in [1.165, 1.54) is 0 Å². The monoisotopic (exact) mass is 327 g/mol. The molecule has 0 saturated heterocycles. The molecule has 5 heteroatoms. The SMILES string of the molecule is CN[C@@H](C)c1nc2ccccc2c(=O)n1-c1ccc(Cl)cc1C. The van der Waals surface area contributed by atoms with Crippen LogP contribution in [0.3, 0.4) is 0 Å². The van der Waals surface area contributed by atoms with Crippen molar-refractivity contribution in [3.63, 3.8) is 0 Å². The fourth-order valence-electron chi connectivity index (χ4n) is 2.67. The Balaban J connectivity index is 2.42. The lowest BCUT2D eigenvalue weighted by atomic mass is 10.1. The van der Waals surface area contributed by atoms with E-state index in [4.69, 9.17) is 16.6 Å². The molecule has 23 heavy (non-hydrogen) atoms. The number of benzene rings is 2. The Morgan fingerprint density at radius 3 is 2.65 bits per heavy atom. The number of para-hydroxylation sites is 1. The summed E-state index contributed by atoms with van der Waals surface area (Å²) in [5.74, 6) is 0.682. The molecule has 1 heterocycles. The predicted molar refractivity (Wildman–Crippen MR) is 94.6 cm³/mol. The third-order valence-corrected chi connectivity index (χ3v) is 4.26. The fraction of sp³-hybridized carbons (Fsp3) is 0.222. The highest BCUT2D eigenvalue weighted by Gasteiger charge is 2.17. The van der Waals surface area contributed by atoms with Crippen molar-refractivity contribution < 1.29 is 0 Å². The first-order valence-electron chi connectivity index (χ1n) is 7.48. The van der Waals surface area contributed by atoms with Gasteiger partial charge < -0.3 is 5.32 Å². The van der Waals surface area contributed by atoms with Crippen LogP contribution in [0.15, 0.2) is 47.3 Å². The van der Waals surface area contributed by atoms with E-state index in [2.05, 4.69) is 5.32 Å². The molecule has 1 aromatic heterocycles. The molecular formula is C18H18ClN3O. The molecule has 0 saturated carbocycles. The zero-order valence-corrected chi connectivity index (χ0v) is 14.1. The lowest BCUT2D eigenvalue weighted by molar-refractivity contribution is 0.589. The van der Waals surface area contributed by atoms with Crippen molar-refractivity contribution in [2.45, 2.75) is 19.9 Å². The third-order valence-electron chi connectivity index (χ3n) is 4.02. The van der Waals surface area contributed by atoms with E-state index in [1.54, 1.807) is 16.7 Å². The van der Waals surface area contributed by atoms with Gasteiger partial charge in [0.2, 0.25) is 0 Å². The van der Waals surface area contributed by atoms with E-state index < -0.39 is 0 Å². The summed E-state index contributed by atoms with van der Waals surface area (Å²) in [6.45, 7) is 3.93. The number of aryl methyl sites for hydroxylation is 1. The zero-order chi connectivity index (χ0) is 16.6. The van der Waals surface area contributed by atoms with E-state index >= 15 is 0 Å². The molecule has 0 aliphatic heterocycles. The number of hydrogen-bond acceptors (Lipinski definition) is 3. The number of aromatic nitrogens is 2. The molecule has 0 unspecified atom stereocenters. The second-order valence-electron chi connectivity index (χ2n) is 5.57. The summed E-state index contributed by atoms with van der Waals surface area (Å²) in [6.07, 6.45) is 0. The van der Waals surface area contributed by atoms with E-state index in [0.717, 1.165) is 11.3 Å². The molecule has 4 nitrogen and oxygen atoms in total. The molecule has 2 aromatic carbocycles. The van der Waals surface area contributed by atoms with Crippen LogP contribution in [-0.2, 0) is 0 Å². The van der Waals surface area contributed by atoms with Crippen molar-refractivity contribution in [1.82, 2.24) is 14.9 Å². The van der Waals surface area contributed by atoms with Gasteiger partial charge >= 0.3 is 0 Å². The Hall–Kier alpha value is -2.17. The lowest BCUT2D eigenvalue weighted by Crippen LogP contribution is -2.29. The molecule has 1 atom stereocenters. The van der Waals surface area contributed by atoms with Gasteiger partial charge in [-0.25, -0.2) is 4.98 Å². The standard InChI is InChI=1S/C18H18ClN3O/c1-11-10-13(19)8-9-16(11)22-17(12(2)20-3)21-15-7-5-4-6-14(15)18(22)23/h4-10,12,20H,1-3H3/t12-/m0/s1. The summed E-state index contributed by atoms with van der Waals surface area (Å²) in [5.41, 5.74) is 2.37. The first kappa shape index (κ1) is 15.7. The van der Waals surface area contributed by atoms with Crippen molar-refractivity contribution in [1.29, 1.82) is 0 Å². The van der Waals surface area contributed by atoms with Gasteiger partial charge in [0, 0.05) is 5.02 Å². The normalized spacial score (nSPS) is 12.5. The molecule has 0 bridgehead atoms. The van der Waals surface area contributed by atoms with Gasteiger partial charge in [0.15, 0.2) is 0 Å². The van der Waals surface area contributed by atoms with Crippen LogP contribution in [0.4, 0.5) is 0 Å². The van der Waals surface area contributed by atoms with Crippen molar-refractivity contribution in [3.05, 3.63) is 69.2 Å². The van der Waals surface area contributed by atoms with Crippen molar-refractivity contribution >= 4 is 22.5 Å². The van der Waals surface area contributed by atoms with Gasteiger partial charge in [0.25, 0.3) is 5.56 Å². The lowest BCUT2D eigenvalue weighted by Gasteiger charge is -2.19. The van der Waals surface area contributed by atoms with Gasteiger partial charge in [-0.15, -0.1) is 0 Å². The van der Waals surface area contributed by atoms with Crippen LogP contribution in [0.2, 0.25) is 5.02 Å². The predicted octanol–water partition coefficient (Wildman–Crippen LogP) is 3.63. The summed E-state index contributed by atoms with van der Waals surface area (Å²) < 4.78 is 1.68. The highest BCUT2D eigenvalue weighted by Crippen LogP contribution is 2.22. The Labute approximate surface area is 139 Å². The number of hydrogen-bond donors (Lipinski definition) is 1. The number of fused-ring (bicyclic) bond motifs is 1. The second-order valence-corrected chi connectivity index (χ2v) is 6.01. The van der Waals surface area contributed by atoms with Crippen LogP contribution in [0.1, 0.15) is 24.4 Å². The Morgan fingerprint density at radius 1 is 1.22 bits per heavy atom. The topological polar surface area (TPSA) is 46.9 Å². The molecule has 3 aromatic rings. The smallest absolute Gasteiger partial charge is 0.266 e. The Morgan fingerprint density at radius 2 is 1.96 bits per heavy atom. The molecule has 0 spiro atoms. The quantitative estimate of drug-likeness (QED) is 0.799. The van der Waals surface area contributed by atoms with Crippen LogP contribution in [0.25, 0.3) is 16.6 Å². The summed E-state index contributed by atoms with van der Waals surface area (Å²) in [5, 5.41) is 4.42. The van der Waals surface area contributed by atoms with Gasteiger partial charge in [-0.1, -0.05) is 23.7 Å². The molecule has 3 rings (SSSR count). The maximum absolute atomic E-state index is 13.1. The van der Waals surface area contributed by atoms with Crippen LogP contribution >= 0.6 is 11.6 Å². The second kappa shape index (κ2) is 6.14. The highest BCUT2D eigenvalue weighted by molar-refractivity contribution is 6.30. The molecular weight excluding hydrogens is 310 g/mol. The van der Waals surface area contributed by atoms with Gasteiger partial charge in [-0.3, -0.25) is 9.36 Å².